The maximum Gasteiger partial charge on any atom is 0.0515 e. The molecule has 0 aliphatic carbocycles. The van der Waals surface area contributed by atoms with Crippen LogP contribution in [0.3, 0.4) is 0 Å². The van der Waals surface area contributed by atoms with Crippen LogP contribution in [0.2, 0.25) is 0 Å². The molecule has 3 rings (SSSR count). The first-order chi connectivity index (χ1) is 8.29. The van der Waals surface area contributed by atoms with Crippen LogP contribution in [0.4, 0.5) is 0 Å². The average molecular weight is 228 g/mol. The van der Waals surface area contributed by atoms with Crippen molar-refractivity contribution >= 4 is 10.9 Å². The third kappa shape index (κ3) is 1.77. The first-order valence-corrected chi connectivity index (χ1v) is 6.61. The number of rotatable bonds is 3. The smallest absolute Gasteiger partial charge is 0.0515 e. The number of nitrogens with two attached hydrogens (primary N) is 1. The van der Waals surface area contributed by atoms with Crippen LogP contribution in [0, 0.1) is 6.92 Å². The molecule has 0 saturated carbocycles. The Labute approximate surface area is 102 Å². The van der Waals surface area contributed by atoms with Crippen LogP contribution in [0.25, 0.3) is 10.9 Å². The van der Waals surface area contributed by atoms with E-state index in [2.05, 4.69) is 29.7 Å². The summed E-state index contributed by atoms with van der Waals surface area (Å²) in [7, 11) is 0. The summed E-state index contributed by atoms with van der Waals surface area (Å²) in [6.45, 7) is 4.19. The molecule has 1 aliphatic rings. The van der Waals surface area contributed by atoms with Crippen molar-refractivity contribution in [1.29, 1.82) is 0 Å². The molecule has 0 amide bonds. The second-order valence-corrected chi connectivity index (χ2v) is 5.13. The van der Waals surface area contributed by atoms with E-state index in [1.54, 1.807) is 0 Å². The van der Waals surface area contributed by atoms with Crippen LogP contribution in [0.15, 0.2) is 18.2 Å². The zero-order valence-electron chi connectivity index (χ0n) is 10.5. The Balaban J connectivity index is 2.13. The molecular formula is C15H20N2. The fourth-order valence-corrected chi connectivity index (χ4v) is 3.06. The molecule has 2 heteroatoms. The van der Waals surface area contributed by atoms with E-state index >= 15 is 0 Å². The molecule has 2 aromatic rings. The number of benzene rings is 1. The monoisotopic (exact) mass is 228 g/mol. The van der Waals surface area contributed by atoms with E-state index in [-0.39, 0.29) is 0 Å². The van der Waals surface area contributed by atoms with Crippen molar-refractivity contribution in [2.45, 2.75) is 39.2 Å². The molecule has 1 aromatic heterocycles. The summed E-state index contributed by atoms with van der Waals surface area (Å²) in [5, 5.41) is 1.42. The predicted octanol–water partition coefficient (Wildman–Crippen LogP) is 2.79. The van der Waals surface area contributed by atoms with E-state index in [4.69, 9.17) is 5.73 Å². The Hall–Kier alpha value is -1.28. The molecule has 2 nitrogen and oxygen atoms in total. The van der Waals surface area contributed by atoms with Gasteiger partial charge in [0.25, 0.3) is 0 Å². The van der Waals surface area contributed by atoms with E-state index in [1.165, 1.54) is 47.1 Å². The van der Waals surface area contributed by atoms with Crippen molar-refractivity contribution in [3.8, 4) is 0 Å². The first-order valence-electron chi connectivity index (χ1n) is 6.61. The lowest BCUT2D eigenvalue weighted by Crippen LogP contribution is -2.09. The minimum absolute atomic E-state index is 0.785. The van der Waals surface area contributed by atoms with Crippen molar-refractivity contribution in [3.63, 3.8) is 0 Å². The molecule has 0 spiro atoms. The van der Waals surface area contributed by atoms with Gasteiger partial charge in [0.05, 0.1) is 5.52 Å². The normalized spacial score (nSPS) is 14.5. The highest BCUT2D eigenvalue weighted by Gasteiger charge is 2.15. The van der Waals surface area contributed by atoms with E-state index in [9.17, 15) is 0 Å². The minimum atomic E-state index is 0.785. The standard InChI is InChI=1S/C15H20N2/c1-11-8-14-10-12(4-2-6-16)9-13-5-3-7-17(11)15(13)14/h8-10H,2-7,16H2,1H3. The van der Waals surface area contributed by atoms with Gasteiger partial charge in [-0.2, -0.15) is 0 Å². The molecule has 90 valence electrons. The molecule has 0 fully saturated rings. The van der Waals surface area contributed by atoms with Crippen molar-refractivity contribution in [2.75, 3.05) is 6.54 Å². The van der Waals surface area contributed by atoms with Crippen molar-refractivity contribution in [2.24, 2.45) is 5.73 Å². The summed E-state index contributed by atoms with van der Waals surface area (Å²) < 4.78 is 2.47. The van der Waals surface area contributed by atoms with Crippen LogP contribution in [0.5, 0.6) is 0 Å². The Morgan fingerprint density at radius 3 is 3.00 bits per heavy atom. The average Bonchev–Trinajstić information content (AvgIpc) is 2.66. The lowest BCUT2D eigenvalue weighted by atomic mass is 9.98. The maximum atomic E-state index is 5.59. The lowest BCUT2D eigenvalue weighted by molar-refractivity contribution is 0.622. The lowest BCUT2D eigenvalue weighted by Gasteiger charge is -2.18. The summed E-state index contributed by atoms with van der Waals surface area (Å²) in [5.41, 5.74) is 11.5. The van der Waals surface area contributed by atoms with Gasteiger partial charge in [0.15, 0.2) is 0 Å². The number of nitrogens with zero attached hydrogens (tertiary/aromatic N) is 1. The number of aryl methyl sites for hydroxylation is 4. The summed E-state index contributed by atoms with van der Waals surface area (Å²) in [6.07, 6.45) is 4.71. The Bertz CT molecular complexity index is 552. The summed E-state index contributed by atoms with van der Waals surface area (Å²) in [6, 6.07) is 7.08. The molecule has 0 atom stereocenters. The number of hydrogen-bond donors (Lipinski definition) is 1. The molecule has 2 heterocycles. The summed E-state index contributed by atoms with van der Waals surface area (Å²) in [4.78, 5) is 0. The first kappa shape index (κ1) is 10.8. The third-order valence-corrected chi connectivity index (χ3v) is 3.84. The van der Waals surface area contributed by atoms with E-state index < -0.39 is 0 Å². The molecule has 2 N–H and O–H groups in total. The van der Waals surface area contributed by atoms with Gasteiger partial charge < -0.3 is 10.3 Å². The van der Waals surface area contributed by atoms with Gasteiger partial charge in [-0.25, -0.2) is 0 Å². The molecule has 0 bridgehead atoms. The fraction of sp³-hybridized carbons (Fsp3) is 0.467. The van der Waals surface area contributed by atoms with Crippen LogP contribution in [0.1, 0.15) is 29.7 Å². The molecule has 0 radical (unpaired) electrons. The number of aromatic nitrogens is 1. The van der Waals surface area contributed by atoms with Gasteiger partial charge in [-0.15, -0.1) is 0 Å². The van der Waals surface area contributed by atoms with E-state index in [0.717, 1.165) is 19.4 Å². The molecule has 1 aromatic carbocycles. The minimum Gasteiger partial charge on any atom is -0.345 e. The third-order valence-electron chi connectivity index (χ3n) is 3.84. The molecule has 0 unspecified atom stereocenters. The fourth-order valence-electron chi connectivity index (χ4n) is 3.06. The van der Waals surface area contributed by atoms with Crippen LogP contribution < -0.4 is 5.73 Å². The van der Waals surface area contributed by atoms with Crippen LogP contribution >= 0.6 is 0 Å². The van der Waals surface area contributed by atoms with Gasteiger partial charge in [-0.1, -0.05) is 6.07 Å². The SMILES string of the molecule is Cc1cc2cc(CCCN)cc3c2n1CCC3. The van der Waals surface area contributed by atoms with Gasteiger partial charge in [-0.05, 0) is 62.4 Å². The highest BCUT2D eigenvalue weighted by atomic mass is 15.0. The van der Waals surface area contributed by atoms with Gasteiger partial charge >= 0.3 is 0 Å². The van der Waals surface area contributed by atoms with E-state index in [1.807, 2.05) is 0 Å². The largest absolute Gasteiger partial charge is 0.345 e. The predicted molar refractivity (Wildman–Crippen MR) is 72.4 cm³/mol. The maximum absolute atomic E-state index is 5.59. The van der Waals surface area contributed by atoms with Crippen LogP contribution in [-0.2, 0) is 19.4 Å². The molecular weight excluding hydrogens is 208 g/mol. The summed E-state index contributed by atoms with van der Waals surface area (Å²) >= 11 is 0. The second-order valence-electron chi connectivity index (χ2n) is 5.13. The molecule has 1 aliphatic heterocycles. The summed E-state index contributed by atoms with van der Waals surface area (Å²) in [5.74, 6) is 0. The zero-order valence-corrected chi connectivity index (χ0v) is 10.5. The topological polar surface area (TPSA) is 30.9 Å². The zero-order chi connectivity index (χ0) is 11.8. The second kappa shape index (κ2) is 4.19. The van der Waals surface area contributed by atoms with Gasteiger partial charge in [0.2, 0.25) is 0 Å². The quantitative estimate of drug-likeness (QED) is 0.860. The van der Waals surface area contributed by atoms with Gasteiger partial charge in [0, 0.05) is 17.6 Å². The molecule has 17 heavy (non-hydrogen) atoms. The molecule has 0 saturated heterocycles. The van der Waals surface area contributed by atoms with Crippen molar-refractivity contribution in [3.05, 3.63) is 35.0 Å². The Kier molecular flexibility index (Phi) is 2.67. The van der Waals surface area contributed by atoms with Gasteiger partial charge in [0.1, 0.15) is 0 Å². The number of hydrogen-bond acceptors (Lipinski definition) is 1. The highest BCUT2D eigenvalue weighted by Crippen LogP contribution is 2.30. The van der Waals surface area contributed by atoms with Crippen molar-refractivity contribution < 1.29 is 0 Å². The highest BCUT2D eigenvalue weighted by molar-refractivity contribution is 5.85. The Morgan fingerprint density at radius 1 is 1.29 bits per heavy atom. The Morgan fingerprint density at radius 2 is 2.18 bits per heavy atom. The van der Waals surface area contributed by atoms with Gasteiger partial charge in [-0.3, -0.25) is 0 Å². The van der Waals surface area contributed by atoms with Crippen LogP contribution in [-0.4, -0.2) is 11.1 Å². The van der Waals surface area contributed by atoms with Crippen molar-refractivity contribution in [1.82, 2.24) is 4.57 Å². The van der Waals surface area contributed by atoms with E-state index in [0.29, 0.717) is 0 Å².